The molecule has 0 atom stereocenters. The van der Waals surface area contributed by atoms with Crippen molar-refractivity contribution in [1.29, 1.82) is 0 Å². The molecule has 0 unspecified atom stereocenters. The van der Waals surface area contributed by atoms with Gasteiger partial charge in [0.15, 0.2) is 0 Å². The smallest absolute Gasteiger partial charge is 0.325 e. The Hall–Kier alpha value is -3.20. The highest BCUT2D eigenvalue weighted by atomic mass is 16.5. The number of hydrogen-bond acceptors (Lipinski definition) is 6. The van der Waals surface area contributed by atoms with Gasteiger partial charge in [0.1, 0.15) is 23.5 Å². The number of carbonyl (C=O) groups excluding carboxylic acids is 2. The van der Waals surface area contributed by atoms with Crippen LogP contribution in [0.3, 0.4) is 0 Å². The highest BCUT2D eigenvalue weighted by Gasteiger charge is 2.20. The van der Waals surface area contributed by atoms with E-state index >= 15 is 0 Å². The molecule has 0 aliphatic heterocycles. The summed E-state index contributed by atoms with van der Waals surface area (Å²) in [4.78, 5) is 41.9. The molecule has 9 nitrogen and oxygen atoms in total. The molecule has 3 heterocycles. The average molecular weight is 400 g/mol. The number of rotatable bonds is 8. The molecule has 0 aromatic carbocycles. The van der Waals surface area contributed by atoms with Crippen LogP contribution in [0.1, 0.15) is 30.8 Å². The number of aromatic nitrogens is 3. The summed E-state index contributed by atoms with van der Waals surface area (Å²) in [5.74, 6) is -1.01. The predicted molar refractivity (Wildman–Crippen MR) is 107 cm³/mol. The first kappa shape index (κ1) is 20.5. The van der Waals surface area contributed by atoms with Gasteiger partial charge in [0.05, 0.1) is 11.5 Å². The lowest BCUT2D eigenvalue weighted by Gasteiger charge is -2.11. The van der Waals surface area contributed by atoms with E-state index in [1.807, 2.05) is 0 Å². The topological polar surface area (TPSA) is 104 Å². The summed E-state index contributed by atoms with van der Waals surface area (Å²) in [6, 6.07) is 6.78. The molecular weight excluding hydrogens is 376 g/mol. The van der Waals surface area contributed by atoms with E-state index in [9.17, 15) is 14.4 Å². The monoisotopic (exact) mass is 400 g/mol. The Kier molecular flexibility index (Phi) is 6.28. The molecular formula is C20H24N4O5. The maximum atomic E-state index is 12.9. The lowest BCUT2D eigenvalue weighted by molar-refractivity contribution is -0.146. The van der Waals surface area contributed by atoms with Crippen molar-refractivity contribution in [1.82, 2.24) is 19.3 Å². The fourth-order valence-electron chi connectivity index (χ4n) is 3.08. The van der Waals surface area contributed by atoms with E-state index in [-0.39, 0.29) is 23.9 Å². The molecule has 154 valence electrons. The molecule has 3 rings (SSSR count). The lowest BCUT2D eigenvalue weighted by Crippen LogP contribution is -2.33. The molecule has 29 heavy (non-hydrogen) atoms. The predicted octanol–water partition coefficient (Wildman–Crippen LogP) is 1.37. The van der Waals surface area contributed by atoms with E-state index < -0.39 is 11.9 Å². The molecule has 3 aromatic heterocycles. The van der Waals surface area contributed by atoms with E-state index in [2.05, 4.69) is 10.3 Å². The number of aryl methyl sites for hydroxylation is 1. The minimum atomic E-state index is -0.528. The van der Waals surface area contributed by atoms with Crippen LogP contribution in [-0.2, 0) is 20.8 Å². The highest BCUT2D eigenvalue weighted by molar-refractivity contribution is 5.99. The minimum Gasteiger partial charge on any atom is -0.462 e. The number of nitrogens with zero attached hydrogens (tertiary/aromatic N) is 3. The van der Waals surface area contributed by atoms with Gasteiger partial charge < -0.3 is 19.4 Å². The van der Waals surface area contributed by atoms with E-state index in [0.717, 1.165) is 0 Å². The van der Waals surface area contributed by atoms with Crippen molar-refractivity contribution in [3.05, 3.63) is 46.5 Å². The third-order valence-electron chi connectivity index (χ3n) is 4.30. The molecule has 9 heteroatoms. The van der Waals surface area contributed by atoms with Crippen LogP contribution < -0.4 is 10.9 Å². The van der Waals surface area contributed by atoms with Gasteiger partial charge in [-0.15, -0.1) is 0 Å². The van der Waals surface area contributed by atoms with Crippen molar-refractivity contribution < 1.29 is 19.1 Å². The summed E-state index contributed by atoms with van der Waals surface area (Å²) < 4.78 is 13.3. The zero-order chi connectivity index (χ0) is 21.0. The van der Waals surface area contributed by atoms with Crippen LogP contribution in [0.25, 0.3) is 16.7 Å². The fraction of sp³-hybridized carbons (Fsp3) is 0.400. The standard InChI is InChI=1S/C20H24N4O5/c1-13(2)29-17(25)12-21-19(26)15-11-14-18(23(15)9-6-10-28-3)22-16-7-4-5-8-24(16)20(14)27/h4-5,7-8,11,13H,6,9-10,12H2,1-3H3,(H,21,26). The number of nitrogens with one attached hydrogen (secondary N) is 1. The van der Waals surface area contributed by atoms with Crippen molar-refractivity contribution >= 4 is 28.6 Å². The van der Waals surface area contributed by atoms with Gasteiger partial charge in [0.25, 0.3) is 11.5 Å². The number of esters is 1. The van der Waals surface area contributed by atoms with Crippen LogP contribution in [0.4, 0.5) is 0 Å². The zero-order valence-electron chi connectivity index (χ0n) is 16.7. The Balaban J connectivity index is 2.00. The van der Waals surface area contributed by atoms with E-state index in [1.54, 1.807) is 49.9 Å². The number of carbonyl (C=O) groups is 2. The summed E-state index contributed by atoms with van der Waals surface area (Å²) in [7, 11) is 1.60. The van der Waals surface area contributed by atoms with Gasteiger partial charge in [-0.3, -0.25) is 18.8 Å². The molecule has 0 radical (unpaired) electrons. The van der Waals surface area contributed by atoms with E-state index in [0.29, 0.717) is 36.3 Å². The normalized spacial score (nSPS) is 11.3. The number of methoxy groups -OCH3 is 1. The molecule has 0 aliphatic rings. The Morgan fingerprint density at radius 2 is 2.07 bits per heavy atom. The average Bonchev–Trinajstić information content (AvgIpc) is 3.05. The summed E-state index contributed by atoms with van der Waals surface area (Å²) in [6.45, 7) is 4.14. The fourth-order valence-corrected chi connectivity index (χ4v) is 3.08. The van der Waals surface area contributed by atoms with Crippen molar-refractivity contribution in [3.63, 3.8) is 0 Å². The molecule has 0 saturated heterocycles. The Morgan fingerprint density at radius 1 is 1.28 bits per heavy atom. The Labute approximate surface area is 167 Å². The van der Waals surface area contributed by atoms with Crippen LogP contribution in [0, 0.1) is 0 Å². The number of pyridine rings is 1. The molecule has 0 saturated carbocycles. The van der Waals surface area contributed by atoms with E-state index in [4.69, 9.17) is 9.47 Å². The molecule has 0 fully saturated rings. The van der Waals surface area contributed by atoms with Gasteiger partial charge >= 0.3 is 5.97 Å². The van der Waals surface area contributed by atoms with Gasteiger partial charge in [-0.05, 0) is 38.5 Å². The zero-order valence-corrected chi connectivity index (χ0v) is 16.7. The number of hydrogen-bond donors (Lipinski definition) is 1. The van der Waals surface area contributed by atoms with Gasteiger partial charge in [0, 0.05) is 26.5 Å². The minimum absolute atomic E-state index is 0.258. The summed E-state index contributed by atoms with van der Waals surface area (Å²) >= 11 is 0. The van der Waals surface area contributed by atoms with Crippen LogP contribution in [0.5, 0.6) is 0 Å². The third kappa shape index (κ3) is 4.45. The summed E-state index contributed by atoms with van der Waals surface area (Å²) in [5.41, 5.74) is 0.911. The third-order valence-corrected chi connectivity index (χ3v) is 4.30. The second-order valence-electron chi connectivity index (χ2n) is 6.83. The quantitative estimate of drug-likeness (QED) is 0.452. The first-order valence-electron chi connectivity index (χ1n) is 9.39. The SMILES string of the molecule is COCCCn1c(C(=O)NCC(=O)OC(C)C)cc2c(=O)n3ccccc3nc21. The highest BCUT2D eigenvalue weighted by Crippen LogP contribution is 2.17. The van der Waals surface area contributed by atoms with Gasteiger partial charge in [-0.25, -0.2) is 4.98 Å². The molecule has 3 aromatic rings. The molecule has 0 spiro atoms. The maximum absolute atomic E-state index is 12.9. The molecule has 1 N–H and O–H groups in total. The van der Waals surface area contributed by atoms with Crippen LogP contribution in [0.2, 0.25) is 0 Å². The van der Waals surface area contributed by atoms with Crippen molar-refractivity contribution in [2.45, 2.75) is 32.9 Å². The molecule has 0 bridgehead atoms. The summed E-state index contributed by atoms with van der Waals surface area (Å²) in [6.07, 6.45) is 2.00. The second-order valence-corrected chi connectivity index (χ2v) is 6.83. The number of amides is 1. The van der Waals surface area contributed by atoms with E-state index in [1.165, 1.54) is 10.5 Å². The van der Waals surface area contributed by atoms with Gasteiger partial charge in [-0.1, -0.05) is 6.07 Å². The van der Waals surface area contributed by atoms with Crippen molar-refractivity contribution in [2.75, 3.05) is 20.3 Å². The number of fused-ring (bicyclic) bond motifs is 2. The first-order chi connectivity index (χ1) is 13.9. The van der Waals surface area contributed by atoms with Crippen molar-refractivity contribution in [3.8, 4) is 0 Å². The van der Waals surface area contributed by atoms with Gasteiger partial charge in [0.2, 0.25) is 0 Å². The molecule has 0 aliphatic carbocycles. The summed E-state index contributed by atoms with van der Waals surface area (Å²) in [5, 5.41) is 2.89. The second kappa shape index (κ2) is 8.87. The number of ether oxygens (including phenoxy) is 2. The molecule has 1 amide bonds. The Morgan fingerprint density at radius 3 is 2.79 bits per heavy atom. The Bertz CT molecular complexity index is 1100. The lowest BCUT2D eigenvalue weighted by atomic mass is 10.3. The van der Waals surface area contributed by atoms with Crippen LogP contribution in [0.15, 0.2) is 35.3 Å². The first-order valence-corrected chi connectivity index (χ1v) is 9.39. The van der Waals surface area contributed by atoms with Crippen LogP contribution >= 0.6 is 0 Å². The largest absolute Gasteiger partial charge is 0.462 e. The van der Waals surface area contributed by atoms with Crippen molar-refractivity contribution in [2.24, 2.45) is 0 Å². The van der Waals surface area contributed by atoms with Crippen LogP contribution in [-0.4, -0.2) is 52.2 Å². The van der Waals surface area contributed by atoms with Gasteiger partial charge in [-0.2, -0.15) is 0 Å². The maximum Gasteiger partial charge on any atom is 0.325 e.